The number of piperazine rings is 2. The van der Waals surface area contributed by atoms with Crippen LogP contribution in [0, 0.1) is 0 Å². The topological polar surface area (TPSA) is 136 Å². The molecular formula is C31H36N4O8. The van der Waals surface area contributed by atoms with Crippen LogP contribution in [0.15, 0.2) is 48.6 Å². The summed E-state index contributed by atoms with van der Waals surface area (Å²) in [5.41, 5.74) is 1.28. The summed E-state index contributed by atoms with van der Waals surface area (Å²) in [5.74, 6) is 0.481. The first-order valence-corrected chi connectivity index (χ1v) is 14.0. The Hall–Kier alpha value is -4.68. The summed E-state index contributed by atoms with van der Waals surface area (Å²) in [6, 6.07) is 9.86. The van der Waals surface area contributed by atoms with E-state index in [1.54, 1.807) is 58.4 Å². The molecule has 0 radical (unpaired) electrons. The molecule has 0 bridgehead atoms. The number of ether oxygens (including phenoxy) is 4. The highest BCUT2D eigenvalue weighted by Crippen LogP contribution is 2.30. The Morgan fingerprint density at radius 3 is 1.42 bits per heavy atom. The lowest BCUT2D eigenvalue weighted by Gasteiger charge is -2.26. The lowest BCUT2D eigenvalue weighted by Crippen LogP contribution is -2.47. The minimum absolute atomic E-state index is 0.275. The third kappa shape index (κ3) is 9.15. The van der Waals surface area contributed by atoms with Crippen LogP contribution in [0.5, 0.6) is 23.0 Å². The third-order valence-electron chi connectivity index (χ3n) is 6.79. The number of hydrogen-bond acceptors (Lipinski definition) is 10. The van der Waals surface area contributed by atoms with Crippen molar-refractivity contribution in [3.05, 3.63) is 59.7 Å². The van der Waals surface area contributed by atoms with Gasteiger partial charge >= 0.3 is 12.2 Å². The molecule has 0 atom stereocenters. The van der Waals surface area contributed by atoms with Crippen LogP contribution in [0.1, 0.15) is 17.5 Å². The molecule has 2 aromatic carbocycles. The Bertz CT molecular complexity index is 1270. The van der Waals surface area contributed by atoms with Crippen molar-refractivity contribution < 1.29 is 38.1 Å². The molecule has 12 heteroatoms. The summed E-state index contributed by atoms with van der Waals surface area (Å²) in [6.45, 7) is 5.08. The van der Waals surface area contributed by atoms with Gasteiger partial charge in [-0.25, -0.2) is 9.59 Å². The molecule has 2 heterocycles. The summed E-state index contributed by atoms with van der Waals surface area (Å²) < 4.78 is 21.7. The van der Waals surface area contributed by atoms with Gasteiger partial charge < -0.3 is 39.4 Å². The smallest absolute Gasteiger partial charge is 0.415 e. The Kier molecular flexibility index (Phi) is 11.3. The van der Waals surface area contributed by atoms with Crippen molar-refractivity contribution in [2.75, 3.05) is 66.6 Å². The Balaban J connectivity index is 1.29. The summed E-state index contributed by atoms with van der Waals surface area (Å²) in [7, 11) is 2.93. The number of carbonyl (C=O) groups is 4. The van der Waals surface area contributed by atoms with Gasteiger partial charge in [0.1, 0.15) is 0 Å². The average Bonchev–Trinajstić information content (AvgIpc) is 3.04. The molecule has 2 fully saturated rings. The first kappa shape index (κ1) is 31.3. The summed E-state index contributed by atoms with van der Waals surface area (Å²) in [4.78, 5) is 52.9. The molecule has 228 valence electrons. The monoisotopic (exact) mass is 592 g/mol. The first-order chi connectivity index (χ1) is 20.9. The van der Waals surface area contributed by atoms with Crippen LogP contribution in [-0.4, -0.2) is 100 Å². The van der Waals surface area contributed by atoms with Crippen LogP contribution in [0.3, 0.4) is 0 Å². The van der Waals surface area contributed by atoms with Crippen LogP contribution >= 0.6 is 0 Å². The fourth-order valence-electron chi connectivity index (χ4n) is 4.42. The van der Waals surface area contributed by atoms with E-state index in [9.17, 15) is 19.2 Å². The zero-order chi connectivity index (χ0) is 30.6. The quantitative estimate of drug-likeness (QED) is 0.313. The molecule has 2 amide bonds. The predicted octanol–water partition coefficient (Wildman–Crippen LogP) is 2.77. The number of methoxy groups -OCH3 is 2. The maximum absolute atomic E-state index is 12.4. The second-order valence-corrected chi connectivity index (χ2v) is 9.81. The van der Waals surface area contributed by atoms with E-state index < -0.39 is 12.2 Å². The molecule has 12 nitrogen and oxygen atoms in total. The van der Waals surface area contributed by atoms with Gasteiger partial charge in [0.05, 0.1) is 20.6 Å². The van der Waals surface area contributed by atoms with E-state index in [0.717, 1.165) is 0 Å². The van der Waals surface area contributed by atoms with E-state index in [1.807, 2.05) is 0 Å². The minimum Gasteiger partial charge on any atom is -0.493 e. The molecule has 2 aliphatic rings. The molecule has 0 spiro atoms. The summed E-state index contributed by atoms with van der Waals surface area (Å²) in [6.07, 6.45) is 4.54. The molecule has 2 aliphatic heterocycles. The first-order valence-electron chi connectivity index (χ1n) is 14.0. The summed E-state index contributed by atoms with van der Waals surface area (Å²) in [5, 5.41) is 6.36. The minimum atomic E-state index is -0.450. The molecular weight excluding hydrogens is 556 g/mol. The molecule has 2 saturated heterocycles. The van der Waals surface area contributed by atoms with Gasteiger partial charge in [-0.3, -0.25) is 9.59 Å². The van der Waals surface area contributed by atoms with Gasteiger partial charge in [-0.05, 0) is 47.5 Å². The molecule has 2 N–H and O–H groups in total. The number of rotatable bonds is 10. The lowest BCUT2D eigenvalue weighted by atomic mass is 10.1. The Labute approximate surface area is 250 Å². The third-order valence-corrected chi connectivity index (χ3v) is 6.79. The van der Waals surface area contributed by atoms with Crippen LogP contribution in [0.2, 0.25) is 0 Å². The van der Waals surface area contributed by atoms with Gasteiger partial charge in [-0.1, -0.05) is 24.3 Å². The highest BCUT2D eigenvalue weighted by Gasteiger charge is 2.21. The molecule has 0 aromatic heterocycles. The fourth-order valence-corrected chi connectivity index (χ4v) is 4.42. The largest absolute Gasteiger partial charge is 0.493 e. The van der Waals surface area contributed by atoms with Gasteiger partial charge in [-0.15, -0.1) is 0 Å². The van der Waals surface area contributed by atoms with Gasteiger partial charge in [0.25, 0.3) is 0 Å². The van der Waals surface area contributed by atoms with E-state index in [0.29, 0.717) is 75.0 Å². The molecule has 43 heavy (non-hydrogen) atoms. The van der Waals surface area contributed by atoms with Crippen LogP contribution in [0.25, 0.3) is 12.2 Å². The van der Waals surface area contributed by atoms with Crippen molar-refractivity contribution in [2.45, 2.75) is 6.42 Å². The van der Waals surface area contributed by atoms with Crippen LogP contribution in [0.4, 0.5) is 9.59 Å². The Morgan fingerprint density at radius 2 is 1.05 bits per heavy atom. The normalized spacial score (nSPS) is 15.4. The van der Waals surface area contributed by atoms with E-state index in [2.05, 4.69) is 10.6 Å². The van der Waals surface area contributed by atoms with E-state index >= 15 is 0 Å². The van der Waals surface area contributed by atoms with Gasteiger partial charge in [0.15, 0.2) is 34.6 Å². The van der Waals surface area contributed by atoms with Crippen LogP contribution in [-0.2, 0) is 9.59 Å². The fraction of sp³-hybridized carbons (Fsp3) is 0.355. The molecule has 0 aliphatic carbocycles. The summed E-state index contributed by atoms with van der Waals surface area (Å²) >= 11 is 0. The maximum atomic E-state index is 12.4. The van der Waals surface area contributed by atoms with E-state index in [4.69, 9.17) is 18.9 Å². The number of nitrogens with zero attached hydrogens (tertiary/aromatic N) is 2. The number of allylic oxidation sites excluding steroid dienone is 2. The molecule has 4 rings (SSSR count). The van der Waals surface area contributed by atoms with Crippen molar-refractivity contribution in [1.82, 2.24) is 20.4 Å². The standard InChI is InChI=1S/C31H36N4O8/c1-40-28-19-22(5-9-26(28)42-30(38)34-15-11-32-12-16-34)3-7-24(36)21-25(37)8-4-23-6-10-27(29(20-23)41-2)43-31(39)35-17-13-33-14-18-35/h3-10,19-20,32-33H,11-18,21H2,1-2H3/b7-3+,8-4+. The number of amides is 2. The second kappa shape index (κ2) is 15.5. The number of benzene rings is 2. The zero-order valence-corrected chi connectivity index (χ0v) is 24.3. The SMILES string of the molecule is COc1cc(/C=C/C(=O)CC(=O)/C=C/c2ccc(OC(=O)N3CCNCC3)c(OC)c2)ccc1OC(=O)N1CCNCC1. The predicted molar refractivity (Wildman–Crippen MR) is 160 cm³/mol. The van der Waals surface area contributed by atoms with Crippen LogP contribution < -0.4 is 29.6 Å². The average molecular weight is 593 g/mol. The zero-order valence-electron chi connectivity index (χ0n) is 24.3. The number of nitrogens with one attached hydrogen (secondary N) is 2. The highest BCUT2D eigenvalue weighted by atomic mass is 16.6. The highest BCUT2D eigenvalue weighted by molar-refractivity contribution is 6.10. The van der Waals surface area contributed by atoms with Gasteiger partial charge in [0, 0.05) is 52.4 Å². The van der Waals surface area contributed by atoms with Gasteiger partial charge in [0.2, 0.25) is 0 Å². The number of carbonyl (C=O) groups excluding carboxylic acids is 4. The van der Waals surface area contributed by atoms with Crippen molar-refractivity contribution in [3.8, 4) is 23.0 Å². The Morgan fingerprint density at radius 1 is 0.651 bits per heavy atom. The second-order valence-electron chi connectivity index (χ2n) is 9.81. The number of ketones is 2. The maximum Gasteiger partial charge on any atom is 0.415 e. The number of hydrogen-bond donors (Lipinski definition) is 2. The lowest BCUT2D eigenvalue weighted by molar-refractivity contribution is -0.121. The van der Waals surface area contributed by atoms with Crippen molar-refractivity contribution in [3.63, 3.8) is 0 Å². The van der Waals surface area contributed by atoms with E-state index in [-0.39, 0.29) is 29.5 Å². The van der Waals surface area contributed by atoms with Crippen molar-refractivity contribution >= 4 is 35.9 Å². The van der Waals surface area contributed by atoms with Crippen molar-refractivity contribution in [1.29, 1.82) is 0 Å². The van der Waals surface area contributed by atoms with Crippen molar-refractivity contribution in [2.24, 2.45) is 0 Å². The molecule has 0 saturated carbocycles. The molecule has 2 aromatic rings. The molecule has 0 unspecified atom stereocenters. The van der Waals surface area contributed by atoms with E-state index in [1.165, 1.54) is 26.4 Å². The van der Waals surface area contributed by atoms with Gasteiger partial charge in [-0.2, -0.15) is 0 Å².